The van der Waals surface area contributed by atoms with Gasteiger partial charge in [0.25, 0.3) is 5.91 Å². The highest BCUT2D eigenvalue weighted by atomic mass is 19.4. The third-order valence-corrected chi connectivity index (χ3v) is 6.62. The molecule has 5 rings (SSSR count). The van der Waals surface area contributed by atoms with Crippen LogP contribution in [0, 0.1) is 0 Å². The topological polar surface area (TPSA) is 43.7 Å². The number of alkyl halides is 3. The van der Waals surface area contributed by atoms with Gasteiger partial charge in [-0.05, 0) is 36.4 Å². The van der Waals surface area contributed by atoms with E-state index in [0.717, 1.165) is 28.6 Å². The van der Waals surface area contributed by atoms with E-state index in [1.807, 2.05) is 37.5 Å². The fourth-order valence-corrected chi connectivity index (χ4v) is 4.94. The van der Waals surface area contributed by atoms with E-state index >= 15 is 0 Å². The Bertz CT molecular complexity index is 1220. The number of likely N-dealkylation sites (tertiary alicyclic amines) is 1. The summed E-state index contributed by atoms with van der Waals surface area (Å²) in [6, 6.07) is 13.4. The molecule has 3 aromatic rings. The molecule has 33 heavy (non-hydrogen) atoms. The third-order valence-electron chi connectivity index (χ3n) is 6.62. The number of rotatable bonds is 2. The summed E-state index contributed by atoms with van der Waals surface area (Å²) in [5.74, 6) is 0.0709. The van der Waals surface area contributed by atoms with Gasteiger partial charge in [-0.25, -0.2) is 0 Å². The Balaban J connectivity index is 1.41. The molecule has 0 aliphatic carbocycles. The van der Waals surface area contributed by atoms with Crippen molar-refractivity contribution in [3.05, 3.63) is 71.4 Å². The van der Waals surface area contributed by atoms with Gasteiger partial charge in [-0.2, -0.15) is 13.2 Å². The number of hydrogen-bond acceptors (Lipinski definition) is 3. The minimum atomic E-state index is -4.61. The zero-order chi connectivity index (χ0) is 23.4. The molecule has 0 bridgehead atoms. The number of carbonyl (C=O) groups excluding carboxylic acids is 1. The largest absolute Gasteiger partial charge is 0.496 e. The Morgan fingerprint density at radius 1 is 1.09 bits per heavy atom. The van der Waals surface area contributed by atoms with Crippen LogP contribution < -0.4 is 9.47 Å². The minimum absolute atomic E-state index is 0.00520. The van der Waals surface area contributed by atoms with Crippen molar-refractivity contribution in [2.45, 2.75) is 24.6 Å². The second-order valence-electron chi connectivity index (χ2n) is 8.49. The predicted molar refractivity (Wildman–Crippen MR) is 116 cm³/mol. The Morgan fingerprint density at radius 2 is 1.82 bits per heavy atom. The van der Waals surface area contributed by atoms with Gasteiger partial charge in [-0.1, -0.05) is 12.1 Å². The molecule has 0 atom stereocenters. The smallest absolute Gasteiger partial charge is 0.419 e. The van der Waals surface area contributed by atoms with Crippen molar-refractivity contribution in [2.24, 2.45) is 7.05 Å². The van der Waals surface area contributed by atoms with Crippen LogP contribution in [0.25, 0.3) is 11.3 Å². The molecule has 2 aliphatic rings. The standard InChI is InChI=1S/C25H23F3N2O3/c1-29-12-9-18-22(29)17-5-3-4-6-20(17)33-24(18)10-13-30(14-11-24)23(31)16-7-8-21(32-2)19(15-16)25(26,27)28/h3-9,12,15H,10-11,13-14H2,1-2H3. The maximum atomic E-state index is 13.4. The number of methoxy groups -OCH3 is 1. The van der Waals surface area contributed by atoms with Gasteiger partial charge in [0.1, 0.15) is 17.1 Å². The lowest BCUT2D eigenvalue weighted by Gasteiger charge is -2.44. The summed E-state index contributed by atoms with van der Waals surface area (Å²) in [6.07, 6.45) is -1.51. The molecule has 5 nitrogen and oxygen atoms in total. The summed E-state index contributed by atoms with van der Waals surface area (Å²) in [5.41, 5.74) is 1.68. The van der Waals surface area contributed by atoms with Gasteiger partial charge in [0.05, 0.1) is 18.4 Å². The molecule has 8 heteroatoms. The van der Waals surface area contributed by atoms with Gasteiger partial charge in [-0.15, -0.1) is 0 Å². The maximum Gasteiger partial charge on any atom is 0.419 e. The van der Waals surface area contributed by atoms with E-state index in [1.54, 1.807) is 4.90 Å². The first kappa shape index (κ1) is 21.4. The number of halogens is 3. The number of nitrogens with zero attached hydrogens (tertiary/aromatic N) is 2. The lowest BCUT2D eigenvalue weighted by molar-refractivity contribution is -0.138. The van der Waals surface area contributed by atoms with Crippen LogP contribution in [0.5, 0.6) is 11.5 Å². The first-order valence-corrected chi connectivity index (χ1v) is 10.7. The molecular weight excluding hydrogens is 433 g/mol. The van der Waals surface area contributed by atoms with Gasteiger partial charge in [-0.3, -0.25) is 4.79 Å². The predicted octanol–water partition coefficient (Wildman–Crippen LogP) is 5.24. The normalized spacial score (nSPS) is 16.7. The highest BCUT2D eigenvalue weighted by Crippen LogP contribution is 2.49. The molecule has 1 aromatic heterocycles. The van der Waals surface area contributed by atoms with E-state index < -0.39 is 23.2 Å². The summed E-state index contributed by atoms with van der Waals surface area (Å²) in [4.78, 5) is 14.7. The van der Waals surface area contributed by atoms with Crippen LogP contribution in [-0.2, 0) is 18.8 Å². The van der Waals surface area contributed by atoms with Crippen molar-refractivity contribution in [3.8, 4) is 22.8 Å². The SMILES string of the molecule is COc1ccc(C(=O)N2CCC3(CC2)Oc2ccccc2-c2c3ccn2C)cc1C(F)(F)F. The third kappa shape index (κ3) is 3.44. The van der Waals surface area contributed by atoms with Gasteiger partial charge >= 0.3 is 6.18 Å². The second-order valence-corrected chi connectivity index (χ2v) is 8.49. The van der Waals surface area contributed by atoms with Gasteiger partial charge in [0, 0.05) is 55.9 Å². The molecule has 172 valence electrons. The fourth-order valence-electron chi connectivity index (χ4n) is 4.94. The number of aryl methyl sites for hydroxylation is 1. The van der Waals surface area contributed by atoms with Crippen LogP contribution in [-0.4, -0.2) is 35.6 Å². The van der Waals surface area contributed by atoms with Gasteiger partial charge in [0.2, 0.25) is 0 Å². The molecule has 0 N–H and O–H groups in total. The zero-order valence-corrected chi connectivity index (χ0v) is 18.3. The number of piperidine rings is 1. The summed E-state index contributed by atoms with van der Waals surface area (Å²) in [6.45, 7) is 0.755. The summed E-state index contributed by atoms with van der Waals surface area (Å²) < 4.78 is 53.6. The molecule has 1 spiro atoms. The van der Waals surface area contributed by atoms with Crippen LogP contribution in [0.1, 0.15) is 34.3 Å². The lowest BCUT2D eigenvalue weighted by atomic mass is 9.80. The van der Waals surface area contributed by atoms with Crippen LogP contribution >= 0.6 is 0 Å². The molecule has 3 heterocycles. The van der Waals surface area contributed by atoms with Crippen molar-refractivity contribution in [3.63, 3.8) is 0 Å². The van der Waals surface area contributed by atoms with Crippen LogP contribution in [0.15, 0.2) is 54.7 Å². The summed E-state index contributed by atoms with van der Waals surface area (Å²) in [7, 11) is 3.17. The zero-order valence-electron chi connectivity index (χ0n) is 18.3. The summed E-state index contributed by atoms with van der Waals surface area (Å²) in [5, 5.41) is 0. The average molecular weight is 456 g/mol. The van der Waals surface area contributed by atoms with Crippen molar-refractivity contribution >= 4 is 5.91 Å². The van der Waals surface area contributed by atoms with Crippen LogP contribution in [0.4, 0.5) is 13.2 Å². The number of para-hydroxylation sites is 1. The van der Waals surface area contributed by atoms with E-state index in [4.69, 9.17) is 9.47 Å². The molecular formula is C25H23F3N2O3. The van der Waals surface area contributed by atoms with E-state index in [2.05, 4.69) is 10.6 Å². The second kappa shape index (κ2) is 7.57. The Kier molecular flexibility index (Phi) is 4.92. The molecule has 0 unspecified atom stereocenters. The first-order chi connectivity index (χ1) is 15.7. The lowest BCUT2D eigenvalue weighted by Crippen LogP contribution is -2.49. The highest BCUT2D eigenvalue weighted by Gasteiger charge is 2.45. The number of aromatic nitrogens is 1. The minimum Gasteiger partial charge on any atom is -0.496 e. The molecule has 2 aromatic carbocycles. The summed E-state index contributed by atoms with van der Waals surface area (Å²) >= 11 is 0. The van der Waals surface area contributed by atoms with Gasteiger partial charge < -0.3 is 18.9 Å². The Labute approximate surface area is 189 Å². The monoisotopic (exact) mass is 456 g/mol. The number of amides is 1. The molecule has 1 fully saturated rings. The highest BCUT2D eigenvalue weighted by molar-refractivity contribution is 5.94. The van der Waals surface area contributed by atoms with Crippen molar-refractivity contribution in [1.29, 1.82) is 0 Å². The number of benzene rings is 2. The fraction of sp³-hybridized carbons (Fsp3) is 0.320. The molecule has 0 radical (unpaired) electrons. The average Bonchev–Trinajstić information content (AvgIpc) is 3.21. The number of fused-ring (bicyclic) bond motifs is 4. The maximum absolute atomic E-state index is 13.4. The van der Waals surface area contributed by atoms with Gasteiger partial charge in [0.15, 0.2) is 0 Å². The molecule has 0 saturated carbocycles. The molecule has 2 aliphatic heterocycles. The van der Waals surface area contributed by atoms with Crippen molar-refractivity contribution in [2.75, 3.05) is 20.2 Å². The Morgan fingerprint density at radius 3 is 2.52 bits per heavy atom. The van der Waals surface area contributed by atoms with Crippen LogP contribution in [0.3, 0.4) is 0 Å². The van der Waals surface area contributed by atoms with Crippen molar-refractivity contribution < 1.29 is 27.4 Å². The number of hydrogen-bond donors (Lipinski definition) is 0. The van der Waals surface area contributed by atoms with E-state index in [-0.39, 0.29) is 11.3 Å². The van der Waals surface area contributed by atoms with Crippen LogP contribution in [0.2, 0.25) is 0 Å². The van der Waals surface area contributed by atoms with E-state index in [9.17, 15) is 18.0 Å². The molecule has 1 saturated heterocycles. The quantitative estimate of drug-likeness (QED) is 0.530. The number of ether oxygens (including phenoxy) is 2. The van der Waals surface area contributed by atoms with Crippen molar-refractivity contribution in [1.82, 2.24) is 9.47 Å². The first-order valence-electron chi connectivity index (χ1n) is 10.7. The van der Waals surface area contributed by atoms with E-state index in [1.165, 1.54) is 19.2 Å². The molecule has 1 amide bonds. The number of carbonyl (C=O) groups is 1. The van der Waals surface area contributed by atoms with E-state index in [0.29, 0.717) is 25.9 Å². The Hall–Kier alpha value is -3.42.